The average molecular weight is 634 g/mol. The topological polar surface area (TPSA) is 105 Å². The van der Waals surface area contributed by atoms with Gasteiger partial charge in [0.2, 0.25) is 5.91 Å². The van der Waals surface area contributed by atoms with Crippen LogP contribution in [0.1, 0.15) is 12.5 Å². The van der Waals surface area contributed by atoms with E-state index in [-0.39, 0.29) is 18.4 Å². The number of carbonyl (C=O) groups excluding carboxylic acids is 2. The van der Waals surface area contributed by atoms with E-state index in [9.17, 15) is 9.59 Å². The molecule has 2 amide bonds. The zero-order valence-corrected chi connectivity index (χ0v) is 26.7. The monoisotopic (exact) mass is 633 g/mol. The number of nitrogens with zero attached hydrogens (tertiary/aromatic N) is 3. The van der Waals surface area contributed by atoms with Gasteiger partial charge in [-0.3, -0.25) is 14.5 Å². The molecule has 2 N–H and O–H groups in total. The van der Waals surface area contributed by atoms with Crippen molar-refractivity contribution in [2.75, 3.05) is 63.2 Å². The molecule has 3 aromatic rings. The van der Waals surface area contributed by atoms with Crippen molar-refractivity contribution in [2.24, 2.45) is 4.99 Å². The summed E-state index contributed by atoms with van der Waals surface area (Å²) in [5.41, 5.74) is 3.94. The number of amides is 2. The summed E-state index contributed by atoms with van der Waals surface area (Å²) in [6.07, 6.45) is 0. The second-order valence-corrected chi connectivity index (χ2v) is 11.9. The first-order chi connectivity index (χ1) is 21.4. The summed E-state index contributed by atoms with van der Waals surface area (Å²) >= 11 is 2.90. The van der Waals surface area contributed by atoms with Crippen LogP contribution in [0.3, 0.4) is 0 Å². The Kier molecular flexibility index (Phi) is 10.5. The summed E-state index contributed by atoms with van der Waals surface area (Å²) in [5.74, 6) is 0.357. The molecule has 0 saturated carbocycles. The maximum Gasteiger partial charge on any atom is 0.269 e. The number of thioether (sulfide) groups is 2. The summed E-state index contributed by atoms with van der Waals surface area (Å²) in [6.45, 7) is 3.94. The van der Waals surface area contributed by atoms with Gasteiger partial charge >= 0.3 is 0 Å². The van der Waals surface area contributed by atoms with Gasteiger partial charge in [0.05, 0.1) is 35.2 Å². The molecule has 0 spiro atoms. The number of aliphatic imine (C=N–C) groups is 1. The van der Waals surface area contributed by atoms with Crippen molar-refractivity contribution in [3.63, 3.8) is 0 Å². The van der Waals surface area contributed by atoms with Crippen molar-refractivity contribution in [1.29, 1.82) is 0 Å². The Morgan fingerprint density at radius 2 is 1.80 bits per heavy atom. The van der Waals surface area contributed by atoms with Gasteiger partial charge in [-0.1, -0.05) is 42.1 Å². The minimum Gasteiger partial charge on any atom is -0.491 e. The van der Waals surface area contributed by atoms with Crippen LogP contribution in [0, 0.1) is 0 Å². The molecule has 12 heteroatoms. The minimum absolute atomic E-state index is 0.0563. The molecule has 1 saturated heterocycles. The Bertz CT molecular complexity index is 1580. The van der Waals surface area contributed by atoms with Crippen molar-refractivity contribution in [3.05, 3.63) is 82.2 Å². The van der Waals surface area contributed by atoms with Gasteiger partial charge in [-0.2, -0.15) is 0 Å². The number of carbonyl (C=O) groups is 2. The van der Waals surface area contributed by atoms with Gasteiger partial charge < -0.3 is 29.7 Å². The quantitative estimate of drug-likeness (QED) is 0.186. The smallest absolute Gasteiger partial charge is 0.269 e. The third kappa shape index (κ3) is 7.21. The van der Waals surface area contributed by atoms with E-state index < -0.39 is 0 Å². The molecule has 44 heavy (non-hydrogen) atoms. The number of benzene rings is 3. The van der Waals surface area contributed by atoms with Gasteiger partial charge in [0.1, 0.15) is 23.9 Å². The van der Waals surface area contributed by atoms with Gasteiger partial charge in [0.25, 0.3) is 5.91 Å². The van der Waals surface area contributed by atoms with Crippen LogP contribution in [0.4, 0.5) is 22.7 Å². The van der Waals surface area contributed by atoms with Crippen LogP contribution in [0.5, 0.6) is 5.75 Å². The summed E-state index contributed by atoms with van der Waals surface area (Å²) < 4.78 is 15.9. The number of rotatable bonds is 12. The van der Waals surface area contributed by atoms with Gasteiger partial charge in [-0.05, 0) is 54.6 Å². The molecule has 0 bridgehead atoms. The van der Waals surface area contributed by atoms with Crippen LogP contribution >= 0.6 is 23.5 Å². The van der Waals surface area contributed by atoms with Crippen LogP contribution in [-0.4, -0.2) is 69.5 Å². The van der Waals surface area contributed by atoms with E-state index in [4.69, 9.17) is 19.2 Å². The minimum atomic E-state index is -0.265. The van der Waals surface area contributed by atoms with Gasteiger partial charge in [-0.25, -0.2) is 4.99 Å². The normalized spacial score (nSPS) is 16.9. The number of methoxy groups -OCH3 is 2. The Balaban J connectivity index is 1.52. The standard InChI is InChI=1S/C32H35N5O5S2/c1-5-33-24-13-11-22(34-28(38)20-41-4)17-25(24)35-32-37(19-21-9-7-6-8-10-21)30(39)29(44-32)31-36(2)26-18-23(42-16-15-40-3)12-14-27(26)43-31/h6-14,17-18,33H,5,15-16,19-20H2,1-4H3,(H,34,38)/b31-29-,35-32+. The SMILES string of the molecule is CCNc1ccc(NC(=O)COC)cc1/N=C1/S/C(=C2\Sc3ccc(OCCOC)cc3N2C)C(=O)N1Cc1ccccc1. The van der Waals surface area contributed by atoms with Gasteiger partial charge in [0, 0.05) is 44.5 Å². The number of fused-ring (bicyclic) bond motifs is 1. The molecule has 0 atom stereocenters. The molecule has 0 aliphatic carbocycles. The van der Waals surface area contributed by atoms with E-state index >= 15 is 0 Å². The molecular weight excluding hydrogens is 599 g/mol. The fourth-order valence-electron chi connectivity index (χ4n) is 4.66. The predicted molar refractivity (Wildman–Crippen MR) is 178 cm³/mol. The summed E-state index contributed by atoms with van der Waals surface area (Å²) in [4.78, 5) is 36.7. The molecule has 2 aliphatic rings. The lowest BCUT2D eigenvalue weighted by Gasteiger charge is -2.17. The first kappa shape index (κ1) is 31.5. The van der Waals surface area contributed by atoms with E-state index in [1.54, 1.807) is 29.8 Å². The molecule has 5 rings (SSSR count). The highest BCUT2D eigenvalue weighted by molar-refractivity contribution is 8.19. The maximum absolute atomic E-state index is 14.1. The predicted octanol–water partition coefficient (Wildman–Crippen LogP) is 5.90. The first-order valence-electron chi connectivity index (χ1n) is 14.1. The lowest BCUT2D eigenvalue weighted by atomic mass is 10.2. The fraction of sp³-hybridized carbons (Fsp3) is 0.281. The molecule has 0 radical (unpaired) electrons. The summed E-state index contributed by atoms with van der Waals surface area (Å²) in [5, 5.41) is 7.56. The average Bonchev–Trinajstić information content (AvgIpc) is 3.50. The van der Waals surface area contributed by atoms with Crippen molar-refractivity contribution in [3.8, 4) is 5.75 Å². The molecule has 2 aliphatic heterocycles. The lowest BCUT2D eigenvalue weighted by Crippen LogP contribution is -2.29. The van der Waals surface area contributed by atoms with Crippen molar-refractivity contribution in [1.82, 2.24) is 4.90 Å². The van der Waals surface area contributed by atoms with E-state index in [0.29, 0.717) is 47.8 Å². The number of ether oxygens (including phenoxy) is 3. The zero-order chi connectivity index (χ0) is 31.1. The highest BCUT2D eigenvalue weighted by Gasteiger charge is 2.39. The second kappa shape index (κ2) is 14.7. The molecule has 230 valence electrons. The van der Waals surface area contributed by atoms with Gasteiger partial charge in [-0.15, -0.1) is 0 Å². The maximum atomic E-state index is 14.1. The third-order valence-corrected chi connectivity index (χ3v) is 9.17. The van der Waals surface area contributed by atoms with Crippen LogP contribution in [0.15, 0.2) is 86.6 Å². The number of hydrogen-bond donors (Lipinski definition) is 2. The van der Waals surface area contributed by atoms with Crippen LogP contribution in [0.25, 0.3) is 0 Å². The highest BCUT2D eigenvalue weighted by Crippen LogP contribution is 2.51. The number of anilines is 3. The first-order valence-corrected chi connectivity index (χ1v) is 15.8. The van der Waals surface area contributed by atoms with Crippen LogP contribution in [-0.2, 0) is 25.6 Å². The second-order valence-electron chi connectivity index (χ2n) is 9.88. The fourth-order valence-corrected chi connectivity index (χ4v) is 6.97. The molecular formula is C32H35N5O5S2. The van der Waals surface area contributed by atoms with Gasteiger partial charge in [0.15, 0.2) is 5.17 Å². The Morgan fingerprint density at radius 3 is 2.55 bits per heavy atom. The summed E-state index contributed by atoms with van der Waals surface area (Å²) in [7, 11) is 5.07. The third-order valence-electron chi connectivity index (χ3n) is 6.74. The number of amidine groups is 1. The highest BCUT2D eigenvalue weighted by atomic mass is 32.2. The van der Waals surface area contributed by atoms with E-state index in [1.165, 1.54) is 18.9 Å². The van der Waals surface area contributed by atoms with Crippen molar-refractivity contribution in [2.45, 2.75) is 18.4 Å². The van der Waals surface area contributed by atoms with Crippen molar-refractivity contribution >= 4 is 63.3 Å². The largest absolute Gasteiger partial charge is 0.491 e. The number of nitrogens with one attached hydrogen (secondary N) is 2. The Labute approximate surface area is 265 Å². The zero-order valence-electron chi connectivity index (χ0n) is 25.1. The molecule has 0 unspecified atom stereocenters. The molecule has 1 fully saturated rings. The lowest BCUT2D eigenvalue weighted by molar-refractivity contribution is -0.122. The van der Waals surface area contributed by atoms with Crippen LogP contribution < -0.4 is 20.3 Å². The molecule has 0 aromatic heterocycles. The van der Waals surface area contributed by atoms with E-state index in [1.807, 2.05) is 79.5 Å². The van der Waals surface area contributed by atoms with Crippen LogP contribution in [0.2, 0.25) is 0 Å². The van der Waals surface area contributed by atoms with E-state index in [0.717, 1.165) is 32.6 Å². The Hall–Kier alpha value is -3.97. The van der Waals surface area contributed by atoms with Crippen molar-refractivity contribution < 1.29 is 23.8 Å². The molecule has 2 heterocycles. The van der Waals surface area contributed by atoms with E-state index in [2.05, 4.69) is 10.6 Å². The number of hydrogen-bond acceptors (Lipinski definition) is 10. The molecule has 10 nitrogen and oxygen atoms in total. The molecule has 3 aromatic carbocycles. The Morgan fingerprint density at radius 1 is 0.977 bits per heavy atom. The summed E-state index contributed by atoms with van der Waals surface area (Å²) in [6, 6.07) is 21.3.